The van der Waals surface area contributed by atoms with Crippen molar-refractivity contribution in [3.05, 3.63) is 77.2 Å². The van der Waals surface area contributed by atoms with Crippen molar-refractivity contribution in [1.29, 1.82) is 0 Å². The summed E-state index contributed by atoms with van der Waals surface area (Å²) >= 11 is 0. The van der Waals surface area contributed by atoms with E-state index >= 15 is 0 Å². The maximum atomic E-state index is 13.2. The first kappa shape index (κ1) is 17.4. The molecule has 3 aromatic rings. The van der Waals surface area contributed by atoms with Crippen molar-refractivity contribution >= 4 is 5.97 Å². The van der Waals surface area contributed by atoms with Gasteiger partial charge in [0, 0.05) is 24.2 Å². The van der Waals surface area contributed by atoms with Crippen LogP contribution in [0.25, 0.3) is 11.3 Å². The van der Waals surface area contributed by atoms with E-state index in [-0.39, 0.29) is 11.7 Å². The zero-order chi connectivity index (χ0) is 18.8. The Morgan fingerprint density at radius 1 is 1.22 bits per heavy atom. The number of nitrogens with one attached hydrogen (secondary N) is 1. The van der Waals surface area contributed by atoms with Gasteiger partial charge in [-0.25, -0.2) is 9.18 Å². The van der Waals surface area contributed by atoms with Crippen molar-refractivity contribution in [1.82, 2.24) is 15.1 Å². The fourth-order valence-electron chi connectivity index (χ4n) is 3.82. The average molecular weight is 365 g/mol. The number of aromatic carboxylic acids is 1. The molecule has 4 rings (SSSR count). The number of aromatic amines is 1. The monoisotopic (exact) mass is 365 g/mol. The second-order valence-electron chi connectivity index (χ2n) is 6.89. The lowest BCUT2D eigenvalue weighted by Gasteiger charge is -2.17. The number of hydrogen-bond acceptors (Lipinski definition) is 3. The molecule has 0 unspecified atom stereocenters. The molecule has 1 saturated heterocycles. The maximum absolute atomic E-state index is 13.2. The van der Waals surface area contributed by atoms with E-state index in [1.165, 1.54) is 12.1 Å². The molecule has 0 radical (unpaired) electrons. The Morgan fingerprint density at radius 3 is 2.78 bits per heavy atom. The standard InChI is InChI=1S/C21H20FN3O2/c22-17-7-5-14(6-8-17)20-16(11-23-24-20)13-25-10-9-15(12-25)18-3-1-2-4-19(18)21(26)27/h1-8,11,15H,9-10,12-13H2,(H,23,24)(H,26,27)/t15-/m0/s1. The molecular formula is C21H20FN3O2. The maximum Gasteiger partial charge on any atom is 0.335 e. The zero-order valence-corrected chi connectivity index (χ0v) is 14.7. The van der Waals surface area contributed by atoms with Gasteiger partial charge >= 0.3 is 5.97 Å². The lowest BCUT2D eigenvalue weighted by molar-refractivity contribution is 0.0695. The molecule has 2 heterocycles. The van der Waals surface area contributed by atoms with Gasteiger partial charge in [0.2, 0.25) is 0 Å². The Hall–Kier alpha value is -2.99. The van der Waals surface area contributed by atoms with Gasteiger partial charge in [0.25, 0.3) is 0 Å². The summed E-state index contributed by atoms with van der Waals surface area (Å²) in [5, 5.41) is 16.6. The minimum absolute atomic E-state index is 0.207. The van der Waals surface area contributed by atoms with Gasteiger partial charge in [0.05, 0.1) is 17.5 Å². The van der Waals surface area contributed by atoms with Crippen LogP contribution in [-0.4, -0.2) is 39.3 Å². The molecule has 1 aliphatic rings. The third-order valence-corrected chi connectivity index (χ3v) is 5.15. The number of benzene rings is 2. The Kier molecular flexibility index (Phi) is 4.73. The van der Waals surface area contributed by atoms with E-state index in [2.05, 4.69) is 15.1 Å². The molecule has 2 aromatic carbocycles. The highest BCUT2D eigenvalue weighted by Gasteiger charge is 2.27. The number of H-pyrrole nitrogens is 1. The minimum atomic E-state index is -0.877. The van der Waals surface area contributed by atoms with Crippen LogP contribution in [0, 0.1) is 5.82 Å². The summed E-state index contributed by atoms with van der Waals surface area (Å²) in [6.07, 6.45) is 2.73. The third kappa shape index (κ3) is 3.61. The Morgan fingerprint density at radius 2 is 2.00 bits per heavy atom. The van der Waals surface area contributed by atoms with E-state index in [1.54, 1.807) is 30.5 Å². The molecule has 1 atom stereocenters. The van der Waals surface area contributed by atoms with Gasteiger partial charge in [-0.15, -0.1) is 0 Å². The van der Waals surface area contributed by atoms with Gasteiger partial charge in [-0.3, -0.25) is 10.00 Å². The Labute approximate surface area is 156 Å². The van der Waals surface area contributed by atoms with Crippen LogP contribution in [0.5, 0.6) is 0 Å². The molecule has 1 fully saturated rings. The van der Waals surface area contributed by atoms with E-state index in [4.69, 9.17) is 0 Å². The number of rotatable bonds is 5. The SMILES string of the molecule is O=C(O)c1ccccc1[C@H]1CCN(Cc2cn[nH]c2-c2ccc(F)cc2)C1. The molecular weight excluding hydrogens is 345 g/mol. The smallest absolute Gasteiger partial charge is 0.335 e. The molecule has 138 valence electrons. The number of hydrogen-bond donors (Lipinski definition) is 2. The number of nitrogens with zero attached hydrogens (tertiary/aromatic N) is 2. The molecule has 5 nitrogen and oxygen atoms in total. The topological polar surface area (TPSA) is 69.2 Å². The van der Waals surface area contributed by atoms with Crippen molar-refractivity contribution in [2.75, 3.05) is 13.1 Å². The van der Waals surface area contributed by atoms with Gasteiger partial charge in [-0.05, 0) is 54.8 Å². The summed E-state index contributed by atoms with van der Waals surface area (Å²) < 4.78 is 13.2. The Balaban J connectivity index is 1.50. The largest absolute Gasteiger partial charge is 0.478 e. The third-order valence-electron chi connectivity index (χ3n) is 5.15. The van der Waals surface area contributed by atoms with Crippen molar-refractivity contribution in [2.45, 2.75) is 18.9 Å². The molecule has 0 amide bonds. The van der Waals surface area contributed by atoms with Crippen LogP contribution in [0.4, 0.5) is 4.39 Å². The van der Waals surface area contributed by atoms with E-state index in [1.807, 2.05) is 12.1 Å². The van der Waals surface area contributed by atoms with Crippen molar-refractivity contribution in [3.63, 3.8) is 0 Å². The predicted molar refractivity (Wildman–Crippen MR) is 100 cm³/mol. The molecule has 0 bridgehead atoms. The summed E-state index contributed by atoms with van der Waals surface area (Å²) in [4.78, 5) is 13.8. The van der Waals surface area contributed by atoms with Crippen LogP contribution in [0.1, 0.15) is 33.8 Å². The lowest BCUT2D eigenvalue weighted by Crippen LogP contribution is -2.20. The van der Waals surface area contributed by atoms with Crippen molar-refractivity contribution in [2.24, 2.45) is 0 Å². The van der Waals surface area contributed by atoms with E-state index in [0.29, 0.717) is 5.56 Å². The van der Waals surface area contributed by atoms with Crippen LogP contribution in [0.2, 0.25) is 0 Å². The summed E-state index contributed by atoms with van der Waals surface area (Å²) in [6, 6.07) is 13.6. The van der Waals surface area contributed by atoms with Gasteiger partial charge in [0.1, 0.15) is 5.82 Å². The fraction of sp³-hybridized carbons (Fsp3) is 0.238. The second kappa shape index (κ2) is 7.32. The van der Waals surface area contributed by atoms with Crippen molar-refractivity contribution in [3.8, 4) is 11.3 Å². The number of carboxylic acid groups (broad SMARTS) is 1. The molecule has 0 saturated carbocycles. The highest BCUT2D eigenvalue weighted by Crippen LogP contribution is 2.31. The fourth-order valence-corrected chi connectivity index (χ4v) is 3.82. The number of carbonyl (C=O) groups is 1. The van der Waals surface area contributed by atoms with Crippen LogP contribution in [0.15, 0.2) is 54.7 Å². The van der Waals surface area contributed by atoms with Gasteiger partial charge in [0.15, 0.2) is 0 Å². The van der Waals surface area contributed by atoms with Crippen LogP contribution in [-0.2, 0) is 6.54 Å². The molecule has 1 aliphatic heterocycles. The van der Waals surface area contributed by atoms with E-state index in [0.717, 1.165) is 48.4 Å². The number of aromatic nitrogens is 2. The quantitative estimate of drug-likeness (QED) is 0.719. The van der Waals surface area contributed by atoms with Gasteiger partial charge in [-0.2, -0.15) is 5.10 Å². The molecule has 0 spiro atoms. The zero-order valence-electron chi connectivity index (χ0n) is 14.7. The molecule has 2 N–H and O–H groups in total. The van der Waals surface area contributed by atoms with Crippen molar-refractivity contribution < 1.29 is 14.3 Å². The first-order valence-corrected chi connectivity index (χ1v) is 8.94. The molecule has 0 aliphatic carbocycles. The number of likely N-dealkylation sites (tertiary alicyclic amines) is 1. The highest BCUT2D eigenvalue weighted by atomic mass is 19.1. The normalized spacial score (nSPS) is 17.3. The van der Waals surface area contributed by atoms with E-state index < -0.39 is 5.97 Å². The first-order chi connectivity index (χ1) is 13.1. The highest BCUT2D eigenvalue weighted by molar-refractivity contribution is 5.89. The molecule has 6 heteroatoms. The summed E-state index contributed by atoms with van der Waals surface area (Å²) in [5.41, 5.74) is 4.13. The van der Waals surface area contributed by atoms with Crippen LogP contribution in [0.3, 0.4) is 0 Å². The predicted octanol–water partition coefficient (Wildman–Crippen LogP) is 3.90. The Bertz CT molecular complexity index is 952. The first-order valence-electron chi connectivity index (χ1n) is 8.94. The van der Waals surface area contributed by atoms with Crippen LogP contribution >= 0.6 is 0 Å². The lowest BCUT2D eigenvalue weighted by atomic mass is 9.93. The number of halogens is 1. The summed E-state index contributed by atoms with van der Waals surface area (Å²) in [6.45, 7) is 2.42. The van der Waals surface area contributed by atoms with Crippen LogP contribution < -0.4 is 0 Å². The van der Waals surface area contributed by atoms with E-state index in [9.17, 15) is 14.3 Å². The average Bonchev–Trinajstić information content (AvgIpc) is 3.32. The minimum Gasteiger partial charge on any atom is -0.478 e. The second-order valence-corrected chi connectivity index (χ2v) is 6.89. The van der Waals surface area contributed by atoms with Gasteiger partial charge < -0.3 is 5.11 Å². The summed E-state index contributed by atoms with van der Waals surface area (Å²) in [5.74, 6) is -0.935. The number of carboxylic acids is 1. The molecule has 27 heavy (non-hydrogen) atoms. The molecule has 1 aromatic heterocycles. The summed E-state index contributed by atoms with van der Waals surface area (Å²) in [7, 11) is 0. The van der Waals surface area contributed by atoms with Gasteiger partial charge in [-0.1, -0.05) is 18.2 Å².